The average molecular weight is 361 g/mol. The summed E-state index contributed by atoms with van der Waals surface area (Å²) in [4.78, 5) is 10.5. The Morgan fingerprint density at radius 2 is 2.30 bits per heavy atom. The lowest BCUT2D eigenvalue weighted by molar-refractivity contribution is -0.385. The number of methoxy groups -OCH3 is 1. The Morgan fingerprint density at radius 3 is 2.90 bits per heavy atom. The first-order valence-corrected chi connectivity index (χ1v) is 6.83. The zero-order valence-corrected chi connectivity index (χ0v) is 12.9. The summed E-state index contributed by atoms with van der Waals surface area (Å²) in [6.45, 7) is 0.393. The van der Waals surface area contributed by atoms with Crippen molar-refractivity contribution in [2.45, 2.75) is 13.2 Å². The van der Waals surface area contributed by atoms with E-state index in [-0.39, 0.29) is 23.1 Å². The highest BCUT2D eigenvalue weighted by Gasteiger charge is 2.26. The fourth-order valence-corrected chi connectivity index (χ4v) is 2.53. The average Bonchev–Trinajstić information content (AvgIpc) is 2.66. The van der Waals surface area contributed by atoms with Crippen molar-refractivity contribution >= 4 is 33.2 Å². The number of ether oxygens (including phenoxy) is 1. The third kappa shape index (κ3) is 3.17. The van der Waals surface area contributed by atoms with Crippen LogP contribution in [0.4, 0.5) is 5.69 Å². The zero-order chi connectivity index (χ0) is 14.7. The molecule has 2 aromatic rings. The second-order valence-corrected chi connectivity index (χ2v) is 5.34. The summed E-state index contributed by atoms with van der Waals surface area (Å²) < 4.78 is 7.23. The highest BCUT2D eigenvalue weighted by molar-refractivity contribution is 9.10. The van der Waals surface area contributed by atoms with Gasteiger partial charge in [-0.2, -0.15) is 5.10 Å². The van der Waals surface area contributed by atoms with E-state index in [0.29, 0.717) is 6.54 Å². The van der Waals surface area contributed by atoms with E-state index < -0.39 is 4.92 Å². The number of halogens is 2. The molecule has 0 saturated heterocycles. The molecule has 0 radical (unpaired) electrons. The van der Waals surface area contributed by atoms with Gasteiger partial charge in [0.2, 0.25) is 5.15 Å². The molecule has 1 heterocycles. The molecule has 0 saturated carbocycles. The molecule has 0 aliphatic carbocycles. The van der Waals surface area contributed by atoms with Gasteiger partial charge in [-0.3, -0.25) is 10.1 Å². The van der Waals surface area contributed by atoms with Crippen LogP contribution < -0.4 is 0 Å². The van der Waals surface area contributed by atoms with Gasteiger partial charge in [0, 0.05) is 11.6 Å². The van der Waals surface area contributed by atoms with Crippen molar-refractivity contribution in [3.63, 3.8) is 0 Å². The van der Waals surface area contributed by atoms with Crippen molar-refractivity contribution in [1.82, 2.24) is 9.78 Å². The van der Waals surface area contributed by atoms with E-state index in [1.54, 1.807) is 0 Å². The van der Waals surface area contributed by atoms with Crippen molar-refractivity contribution in [1.29, 1.82) is 0 Å². The van der Waals surface area contributed by atoms with Crippen LogP contribution >= 0.6 is 27.5 Å². The number of nitro groups is 1. The van der Waals surface area contributed by atoms with Crippen LogP contribution in [0.2, 0.25) is 5.15 Å². The van der Waals surface area contributed by atoms with Crippen LogP contribution in [0.25, 0.3) is 0 Å². The molecule has 0 N–H and O–H groups in total. The third-order valence-electron chi connectivity index (χ3n) is 2.62. The summed E-state index contributed by atoms with van der Waals surface area (Å²) >= 11 is 9.41. The van der Waals surface area contributed by atoms with E-state index in [2.05, 4.69) is 21.0 Å². The number of aromatic nitrogens is 2. The van der Waals surface area contributed by atoms with Gasteiger partial charge in [0.25, 0.3) is 0 Å². The van der Waals surface area contributed by atoms with E-state index in [1.807, 2.05) is 24.3 Å². The van der Waals surface area contributed by atoms with Gasteiger partial charge in [-0.15, -0.1) is 0 Å². The minimum absolute atomic E-state index is 0.00188. The second-order valence-electron chi connectivity index (χ2n) is 4.06. The summed E-state index contributed by atoms with van der Waals surface area (Å²) in [6, 6.07) is 7.57. The normalized spacial score (nSPS) is 10.8. The van der Waals surface area contributed by atoms with E-state index in [9.17, 15) is 10.1 Å². The monoisotopic (exact) mass is 359 g/mol. The summed E-state index contributed by atoms with van der Waals surface area (Å²) in [6.07, 6.45) is 0. The first-order valence-electron chi connectivity index (χ1n) is 5.66. The van der Waals surface area contributed by atoms with Crippen molar-refractivity contribution in [3.8, 4) is 0 Å². The van der Waals surface area contributed by atoms with Gasteiger partial charge in [-0.05, 0) is 17.7 Å². The highest BCUT2D eigenvalue weighted by atomic mass is 79.9. The zero-order valence-electron chi connectivity index (χ0n) is 10.5. The van der Waals surface area contributed by atoms with E-state index in [4.69, 9.17) is 16.3 Å². The first kappa shape index (κ1) is 15.0. The summed E-state index contributed by atoms with van der Waals surface area (Å²) in [7, 11) is 1.45. The Bertz CT molecular complexity index is 645. The molecule has 0 bridgehead atoms. The van der Waals surface area contributed by atoms with Crippen LogP contribution in [0.5, 0.6) is 0 Å². The molecular weight excluding hydrogens is 350 g/mol. The Hall–Kier alpha value is -1.44. The molecule has 106 valence electrons. The number of nitrogens with zero attached hydrogens (tertiary/aromatic N) is 3. The number of rotatable bonds is 5. The first-order chi connectivity index (χ1) is 9.52. The molecule has 1 aromatic heterocycles. The van der Waals surface area contributed by atoms with E-state index in [0.717, 1.165) is 10.0 Å². The molecular formula is C12H11BrClN3O3. The number of benzene rings is 1. The minimum Gasteiger partial charge on any atom is -0.378 e. The van der Waals surface area contributed by atoms with Crippen molar-refractivity contribution < 1.29 is 9.66 Å². The fourth-order valence-electron chi connectivity index (χ4n) is 1.81. The lowest BCUT2D eigenvalue weighted by atomic mass is 10.2. The molecule has 6 nitrogen and oxygen atoms in total. The third-order valence-corrected chi connectivity index (χ3v) is 3.49. The molecule has 0 aliphatic rings. The van der Waals surface area contributed by atoms with Gasteiger partial charge in [0.15, 0.2) is 5.69 Å². The smallest absolute Gasteiger partial charge is 0.331 e. The number of hydrogen-bond donors (Lipinski definition) is 0. The molecule has 0 atom stereocenters. The Balaban J connectivity index is 2.37. The minimum atomic E-state index is -0.541. The molecule has 0 amide bonds. The van der Waals surface area contributed by atoms with Crippen LogP contribution in [-0.2, 0) is 17.9 Å². The largest absolute Gasteiger partial charge is 0.378 e. The lowest BCUT2D eigenvalue weighted by Crippen LogP contribution is -2.02. The lowest BCUT2D eigenvalue weighted by Gasteiger charge is -2.03. The van der Waals surface area contributed by atoms with Crippen molar-refractivity contribution in [2.75, 3.05) is 7.11 Å². The predicted octanol–water partition coefficient (Wildman–Crippen LogP) is 3.40. The topological polar surface area (TPSA) is 70.2 Å². The van der Waals surface area contributed by atoms with Gasteiger partial charge in [0.1, 0.15) is 0 Å². The molecule has 1 aromatic carbocycles. The summed E-state index contributed by atoms with van der Waals surface area (Å²) in [5, 5.41) is 15.2. The van der Waals surface area contributed by atoms with Crippen LogP contribution in [0, 0.1) is 10.1 Å². The maximum absolute atomic E-state index is 11.0. The fraction of sp³-hybridized carbons (Fsp3) is 0.250. The van der Waals surface area contributed by atoms with E-state index in [1.165, 1.54) is 11.8 Å². The highest BCUT2D eigenvalue weighted by Crippen LogP contribution is 2.29. The van der Waals surface area contributed by atoms with Crippen LogP contribution in [-0.4, -0.2) is 21.8 Å². The van der Waals surface area contributed by atoms with Crippen molar-refractivity contribution in [2.24, 2.45) is 0 Å². The summed E-state index contributed by atoms with van der Waals surface area (Å²) in [5.74, 6) is 0. The SMILES string of the molecule is COCc1nn(Cc2cccc(Br)c2)c(Cl)c1[N+](=O)[O-]. The predicted molar refractivity (Wildman–Crippen MR) is 77.8 cm³/mol. The molecule has 0 fully saturated rings. The van der Waals surface area contributed by atoms with Gasteiger partial charge < -0.3 is 4.74 Å². The quantitative estimate of drug-likeness (QED) is 0.605. The van der Waals surface area contributed by atoms with Gasteiger partial charge in [-0.25, -0.2) is 4.68 Å². The van der Waals surface area contributed by atoms with Crippen molar-refractivity contribution in [3.05, 3.63) is 55.3 Å². The Labute approximate surface area is 128 Å². The summed E-state index contributed by atoms with van der Waals surface area (Å²) in [5.41, 5.74) is 0.948. The maximum atomic E-state index is 11.0. The standard InChI is InChI=1S/C12H11BrClN3O3/c1-20-7-10-11(17(18)19)12(14)16(15-10)6-8-3-2-4-9(13)5-8/h2-5H,6-7H2,1H3. The van der Waals surface area contributed by atoms with Crippen LogP contribution in [0.15, 0.2) is 28.7 Å². The van der Waals surface area contributed by atoms with E-state index >= 15 is 0 Å². The van der Waals surface area contributed by atoms with Crippen LogP contribution in [0.1, 0.15) is 11.3 Å². The molecule has 20 heavy (non-hydrogen) atoms. The number of hydrogen-bond acceptors (Lipinski definition) is 4. The Morgan fingerprint density at radius 1 is 1.55 bits per heavy atom. The molecule has 0 spiro atoms. The maximum Gasteiger partial charge on any atom is 0.331 e. The molecule has 2 rings (SSSR count). The van der Waals surface area contributed by atoms with Gasteiger partial charge in [-0.1, -0.05) is 39.7 Å². The van der Waals surface area contributed by atoms with Gasteiger partial charge >= 0.3 is 5.69 Å². The van der Waals surface area contributed by atoms with Gasteiger partial charge in [0.05, 0.1) is 18.1 Å². The molecule has 8 heteroatoms. The molecule has 0 unspecified atom stereocenters. The van der Waals surface area contributed by atoms with Crippen LogP contribution in [0.3, 0.4) is 0 Å². The second kappa shape index (κ2) is 6.34. The Kier molecular flexibility index (Phi) is 4.74. The molecule has 0 aliphatic heterocycles.